The summed E-state index contributed by atoms with van der Waals surface area (Å²) in [5.74, 6) is 0. The quantitative estimate of drug-likeness (QED) is 0.829. The summed E-state index contributed by atoms with van der Waals surface area (Å²) in [5, 5.41) is 10.9. The number of benzene rings is 1. The molecule has 1 N–H and O–H groups in total. The van der Waals surface area contributed by atoms with Gasteiger partial charge in [0.2, 0.25) is 0 Å². The van der Waals surface area contributed by atoms with Crippen molar-refractivity contribution in [3.8, 4) is 0 Å². The van der Waals surface area contributed by atoms with E-state index in [4.69, 9.17) is 11.6 Å². The lowest BCUT2D eigenvalue weighted by Gasteiger charge is -2.14. The highest BCUT2D eigenvalue weighted by Gasteiger charge is 2.13. The number of hydrogen-bond acceptors (Lipinski definition) is 2. The van der Waals surface area contributed by atoms with Crippen LogP contribution < -0.4 is 0 Å². The van der Waals surface area contributed by atoms with Gasteiger partial charge in [0.05, 0.1) is 5.02 Å². The van der Waals surface area contributed by atoms with Gasteiger partial charge in [-0.15, -0.1) is 0 Å². The molecule has 2 aromatic rings. The molecule has 1 aromatic heterocycles. The average molecular weight is 360 g/mol. The third kappa shape index (κ3) is 2.78. The van der Waals surface area contributed by atoms with Crippen LogP contribution in [0.1, 0.15) is 22.8 Å². The van der Waals surface area contributed by atoms with Crippen molar-refractivity contribution >= 4 is 34.2 Å². The van der Waals surface area contributed by atoms with Gasteiger partial charge in [-0.3, -0.25) is 4.98 Å². The number of aliphatic hydroxyl groups is 1. The molecule has 0 amide bonds. The molecule has 1 heterocycles. The van der Waals surface area contributed by atoms with Gasteiger partial charge in [0.15, 0.2) is 0 Å². The summed E-state index contributed by atoms with van der Waals surface area (Å²) in [6, 6.07) is 7.45. The first kappa shape index (κ1) is 12.8. The van der Waals surface area contributed by atoms with E-state index in [-0.39, 0.29) is 0 Å². The Balaban J connectivity index is 2.40. The van der Waals surface area contributed by atoms with Crippen LogP contribution in [0.2, 0.25) is 5.02 Å². The predicted molar refractivity (Wildman–Crippen MR) is 77.2 cm³/mol. The van der Waals surface area contributed by atoms with Crippen LogP contribution in [0.3, 0.4) is 0 Å². The topological polar surface area (TPSA) is 33.1 Å². The summed E-state index contributed by atoms with van der Waals surface area (Å²) in [7, 11) is 0. The number of pyridine rings is 1. The van der Waals surface area contributed by atoms with E-state index in [0.29, 0.717) is 5.02 Å². The van der Waals surface area contributed by atoms with Gasteiger partial charge < -0.3 is 5.11 Å². The summed E-state index contributed by atoms with van der Waals surface area (Å²) in [5.41, 5.74) is 2.61. The molecule has 88 valence electrons. The maximum atomic E-state index is 10.3. The molecule has 2 nitrogen and oxygen atoms in total. The first-order chi connectivity index (χ1) is 8.09. The fourth-order valence-corrected chi connectivity index (χ4v) is 2.15. The Kier molecular flexibility index (Phi) is 4.01. The van der Waals surface area contributed by atoms with E-state index in [1.165, 1.54) is 0 Å². The van der Waals surface area contributed by atoms with Gasteiger partial charge in [0.1, 0.15) is 6.10 Å². The van der Waals surface area contributed by atoms with E-state index in [0.717, 1.165) is 20.3 Å². The Morgan fingerprint density at radius 1 is 1.35 bits per heavy atom. The van der Waals surface area contributed by atoms with E-state index in [9.17, 15) is 5.11 Å². The molecule has 0 saturated carbocycles. The third-order valence-electron chi connectivity index (χ3n) is 2.63. The molecule has 2 rings (SSSR count). The molecule has 1 atom stereocenters. The van der Waals surface area contributed by atoms with Gasteiger partial charge >= 0.3 is 0 Å². The molecule has 0 aliphatic carbocycles. The maximum absolute atomic E-state index is 10.3. The Bertz CT molecular complexity index is 545. The van der Waals surface area contributed by atoms with Crippen molar-refractivity contribution in [1.29, 1.82) is 0 Å². The lowest BCUT2D eigenvalue weighted by Crippen LogP contribution is -2.02. The molecule has 0 spiro atoms. The normalized spacial score (nSPS) is 12.5. The average Bonchev–Trinajstić information content (AvgIpc) is 2.32. The van der Waals surface area contributed by atoms with E-state index in [1.54, 1.807) is 18.5 Å². The van der Waals surface area contributed by atoms with Crippen LogP contribution in [0.4, 0.5) is 0 Å². The minimum Gasteiger partial charge on any atom is -0.384 e. The second-order valence-corrected chi connectivity index (χ2v) is 5.38. The molecular weight excluding hydrogens is 349 g/mol. The first-order valence-electron chi connectivity index (χ1n) is 5.13. The van der Waals surface area contributed by atoms with Crippen LogP contribution in [-0.4, -0.2) is 10.1 Å². The molecule has 0 aliphatic heterocycles. The highest BCUT2D eigenvalue weighted by Crippen LogP contribution is 2.28. The minimum absolute atomic E-state index is 0.656. The number of aromatic nitrogens is 1. The number of aryl methyl sites for hydroxylation is 1. The number of aliphatic hydroxyl groups excluding tert-OH is 1. The summed E-state index contributed by atoms with van der Waals surface area (Å²) < 4.78 is 0.975. The Hall–Kier alpha value is -0.650. The molecule has 17 heavy (non-hydrogen) atoms. The summed E-state index contributed by atoms with van der Waals surface area (Å²) in [4.78, 5) is 4.04. The van der Waals surface area contributed by atoms with Crippen molar-refractivity contribution in [2.75, 3.05) is 0 Å². The molecule has 1 aromatic carbocycles. The van der Waals surface area contributed by atoms with Gasteiger partial charge in [-0.25, -0.2) is 0 Å². The molecule has 0 bridgehead atoms. The minimum atomic E-state index is -0.682. The highest BCUT2D eigenvalue weighted by atomic mass is 127. The van der Waals surface area contributed by atoms with Crippen LogP contribution in [0.25, 0.3) is 0 Å². The molecule has 0 aliphatic rings. The fraction of sp³-hybridized carbons (Fsp3) is 0.154. The van der Waals surface area contributed by atoms with Gasteiger partial charge in [0.25, 0.3) is 0 Å². The smallest absolute Gasteiger partial charge is 0.106 e. The molecule has 0 saturated heterocycles. The van der Waals surface area contributed by atoms with Crippen LogP contribution in [0.5, 0.6) is 0 Å². The Morgan fingerprint density at radius 3 is 2.76 bits per heavy atom. The number of nitrogens with zero attached hydrogens (tertiary/aromatic N) is 1. The lowest BCUT2D eigenvalue weighted by molar-refractivity contribution is 0.219. The van der Waals surface area contributed by atoms with E-state index >= 15 is 0 Å². The molecular formula is C13H11ClINO. The van der Waals surface area contributed by atoms with Crippen molar-refractivity contribution in [3.05, 3.63) is 61.9 Å². The second-order valence-electron chi connectivity index (χ2n) is 3.81. The van der Waals surface area contributed by atoms with Crippen LogP contribution in [-0.2, 0) is 0 Å². The molecule has 0 radical (unpaired) electrons. The number of hydrogen-bond donors (Lipinski definition) is 1. The number of rotatable bonds is 2. The summed E-state index contributed by atoms with van der Waals surface area (Å²) in [6.45, 7) is 1.95. The summed E-state index contributed by atoms with van der Waals surface area (Å²) >= 11 is 8.21. The van der Waals surface area contributed by atoms with Crippen LogP contribution in [0, 0.1) is 10.5 Å². The summed E-state index contributed by atoms with van der Waals surface area (Å²) in [6.07, 6.45) is 2.72. The molecule has 1 unspecified atom stereocenters. The monoisotopic (exact) mass is 359 g/mol. The lowest BCUT2D eigenvalue weighted by atomic mass is 10.00. The predicted octanol–water partition coefficient (Wildman–Crippen LogP) is 3.73. The zero-order chi connectivity index (χ0) is 12.4. The van der Waals surface area contributed by atoms with E-state index in [1.807, 2.05) is 25.1 Å². The largest absolute Gasteiger partial charge is 0.384 e. The van der Waals surface area contributed by atoms with Crippen molar-refractivity contribution < 1.29 is 5.11 Å². The van der Waals surface area contributed by atoms with Crippen molar-refractivity contribution in [2.45, 2.75) is 13.0 Å². The fourth-order valence-electron chi connectivity index (χ4n) is 1.62. The molecule has 4 heteroatoms. The van der Waals surface area contributed by atoms with Crippen molar-refractivity contribution in [3.63, 3.8) is 0 Å². The van der Waals surface area contributed by atoms with Gasteiger partial charge in [-0.05, 0) is 58.8 Å². The standard InChI is InChI=1S/C13H11ClINO/c1-8-4-5-16-7-10(8)13(17)9-2-3-12(15)11(14)6-9/h2-7,13,17H,1H3. The maximum Gasteiger partial charge on any atom is 0.106 e. The van der Waals surface area contributed by atoms with Crippen molar-refractivity contribution in [2.24, 2.45) is 0 Å². The SMILES string of the molecule is Cc1ccncc1C(O)c1ccc(I)c(Cl)c1. The first-order valence-corrected chi connectivity index (χ1v) is 6.59. The van der Waals surface area contributed by atoms with Crippen LogP contribution in [0.15, 0.2) is 36.7 Å². The zero-order valence-electron chi connectivity index (χ0n) is 9.19. The van der Waals surface area contributed by atoms with Gasteiger partial charge in [0, 0.05) is 21.5 Å². The zero-order valence-corrected chi connectivity index (χ0v) is 12.1. The van der Waals surface area contributed by atoms with E-state index in [2.05, 4.69) is 27.6 Å². The van der Waals surface area contributed by atoms with Crippen molar-refractivity contribution in [1.82, 2.24) is 4.98 Å². The number of halogens is 2. The third-order valence-corrected chi connectivity index (χ3v) is 4.21. The van der Waals surface area contributed by atoms with Crippen LogP contribution >= 0.6 is 34.2 Å². The van der Waals surface area contributed by atoms with Gasteiger partial charge in [-0.1, -0.05) is 17.7 Å². The molecule has 0 fully saturated rings. The highest BCUT2D eigenvalue weighted by molar-refractivity contribution is 14.1. The van der Waals surface area contributed by atoms with Gasteiger partial charge in [-0.2, -0.15) is 0 Å². The van der Waals surface area contributed by atoms with E-state index < -0.39 is 6.10 Å². The Morgan fingerprint density at radius 2 is 2.12 bits per heavy atom. The second kappa shape index (κ2) is 5.33. The Labute approximate surface area is 119 Å².